The van der Waals surface area contributed by atoms with E-state index in [-0.39, 0.29) is 13.2 Å². The average Bonchev–Trinajstić information content (AvgIpc) is 3.11. The van der Waals surface area contributed by atoms with Gasteiger partial charge in [0.1, 0.15) is 17.4 Å². The molecule has 5 heteroatoms. The first kappa shape index (κ1) is 17.2. The van der Waals surface area contributed by atoms with Crippen LogP contribution in [0.15, 0.2) is 53.9 Å². The SMILES string of the molecule is Cc1ccc(OCC(=O)OCc2csc(-c3ccccc3)n2)cc1C. The highest BCUT2D eigenvalue weighted by Gasteiger charge is 2.09. The van der Waals surface area contributed by atoms with Crippen molar-refractivity contribution in [2.75, 3.05) is 6.61 Å². The lowest BCUT2D eigenvalue weighted by Crippen LogP contribution is -2.14. The van der Waals surface area contributed by atoms with Crippen LogP contribution in [0.4, 0.5) is 0 Å². The van der Waals surface area contributed by atoms with Gasteiger partial charge in [0.2, 0.25) is 0 Å². The van der Waals surface area contributed by atoms with Crippen LogP contribution in [0.25, 0.3) is 10.6 Å². The van der Waals surface area contributed by atoms with Crippen molar-refractivity contribution in [1.82, 2.24) is 4.98 Å². The zero-order valence-corrected chi connectivity index (χ0v) is 15.0. The Morgan fingerprint density at radius 3 is 2.64 bits per heavy atom. The van der Waals surface area contributed by atoms with Crippen LogP contribution in [-0.4, -0.2) is 17.6 Å². The van der Waals surface area contributed by atoms with Crippen molar-refractivity contribution in [3.63, 3.8) is 0 Å². The van der Waals surface area contributed by atoms with Gasteiger partial charge >= 0.3 is 5.97 Å². The van der Waals surface area contributed by atoms with Crippen molar-refractivity contribution in [2.45, 2.75) is 20.5 Å². The van der Waals surface area contributed by atoms with Gasteiger partial charge in [0.25, 0.3) is 0 Å². The van der Waals surface area contributed by atoms with Crippen LogP contribution in [0.5, 0.6) is 5.75 Å². The van der Waals surface area contributed by atoms with Crippen LogP contribution in [0.2, 0.25) is 0 Å². The maximum atomic E-state index is 11.8. The number of rotatable bonds is 6. The van der Waals surface area contributed by atoms with Gasteiger partial charge in [-0.15, -0.1) is 11.3 Å². The smallest absolute Gasteiger partial charge is 0.344 e. The summed E-state index contributed by atoms with van der Waals surface area (Å²) in [4.78, 5) is 16.3. The quantitative estimate of drug-likeness (QED) is 0.610. The largest absolute Gasteiger partial charge is 0.482 e. The summed E-state index contributed by atoms with van der Waals surface area (Å²) in [6.45, 7) is 4.08. The van der Waals surface area contributed by atoms with E-state index in [0.29, 0.717) is 5.75 Å². The van der Waals surface area contributed by atoms with E-state index in [1.165, 1.54) is 16.9 Å². The number of carbonyl (C=O) groups is 1. The zero-order valence-electron chi connectivity index (χ0n) is 14.2. The summed E-state index contributed by atoms with van der Waals surface area (Å²) in [7, 11) is 0. The lowest BCUT2D eigenvalue weighted by atomic mass is 10.1. The minimum absolute atomic E-state index is 0.113. The molecule has 0 atom stereocenters. The standard InChI is InChI=1S/C20H19NO3S/c1-14-8-9-18(10-15(14)2)23-12-19(22)24-11-17-13-25-20(21-17)16-6-4-3-5-7-16/h3-10,13H,11-12H2,1-2H3. The monoisotopic (exact) mass is 353 g/mol. The molecule has 3 aromatic rings. The molecule has 1 aromatic heterocycles. The molecular weight excluding hydrogens is 334 g/mol. The van der Waals surface area contributed by atoms with Crippen LogP contribution in [0.3, 0.4) is 0 Å². The highest BCUT2D eigenvalue weighted by atomic mass is 32.1. The predicted octanol–water partition coefficient (Wildman–Crippen LogP) is 4.55. The molecule has 0 saturated heterocycles. The van der Waals surface area contributed by atoms with Crippen LogP contribution >= 0.6 is 11.3 Å². The molecule has 1 heterocycles. The molecular formula is C20H19NO3S. The fourth-order valence-electron chi connectivity index (χ4n) is 2.23. The molecule has 0 amide bonds. The van der Waals surface area contributed by atoms with Crippen molar-refractivity contribution in [1.29, 1.82) is 0 Å². The van der Waals surface area contributed by atoms with Crippen molar-refractivity contribution in [2.24, 2.45) is 0 Å². The van der Waals surface area contributed by atoms with E-state index in [2.05, 4.69) is 4.98 Å². The van der Waals surface area contributed by atoms with E-state index in [9.17, 15) is 4.79 Å². The van der Waals surface area contributed by atoms with Gasteiger partial charge in [-0.2, -0.15) is 0 Å². The molecule has 3 rings (SSSR count). The van der Waals surface area contributed by atoms with Gasteiger partial charge in [0.15, 0.2) is 6.61 Å². The summed E-state index contributed by atoms with van der Waals surface area (Å²) < 4.78 is 10.7. The highest BCUT2D eigenvalue weighted by Crippen LogP contribution is 2.23. The summed E-state index contributed by atoms with van der Waals surface area (Å²) in [5.41, 5.74) is 4.11. The Morgan fingerprint density at radius 1 is 1.08 bits per heavy atom. The molecule has 2 aromatic carbocycles. The van der Waals surface area contributed by atoms with Gasteiger partial charge in [-0.05, 0) is 37.1 Å². The summed E-state index contributed by atoms with van der Waals surface area (Å²) in [5.74, 6) is 0.257. The number of hydrogen-bond donors (Lipinski definition) is 0. The van der Waals surface area contributed by atoms with E-state index in [4.69, 9.17) is 9.47 Å². The number of nitrogens with zero attached hydrogens (tertiary/aromatic N) is 1. The third kappa shape index (κ3) is 4.67. The molecule has 128 valence electrons. The van der Waals surface area contributed by atoms with Gasteiger partial charge in [0, 0.05) is 10.9 Å². The first-order valence-corrected chi connectivity index (χ1v) is 8.85. The fourth-order valence-corrected chi connectivity index (χ4v) is 3.04. The number of esters is 1. The van der Waals surface area contributed by atoms with Crippen LogP contribution < -0.4 is 4.74 Å². The van der Waals surface area contributed by atoms with E-state index >= 15 is 0 Å². The molecule has 0 aliphatic heterocycles. The second kappa shape index (κ2) is 7.94. The van der Waals surface area contributed by atoms with E-state index < -0.39 is 5.97 Å². The van der Waals surface area contributed by atoms with Crippen molar-refractivity contribution < 1.29 is 14.3 Å². The fraction of sp³-hybridized carbons (Fsp3) is 0.200. The molecule has 0 saturated carbocycles. The molecule has 0 fully saturated rings. The van der Waals surface area contributed by atoms with Crippen molar-refractivity contribution in [3.8, 4) is 16.3 Å². The summed E-state index contributed by atoms with van der Waals surface area (Å²) in [6.07, 6.45) is 0. The van der Waals surface area contributed by atoms with E-state index in [0.717, 1.165) is 21.8 Å². The predicted molar refractivity (Wildman–Crippen MR) is 98.8 cm³/mol. The number of aryl methyl sites for hydroxylation is 2. The van der Waals surface area contributed by atoms with E-state index in [1.54, 1.807) is 0 Å². The Balaban J connectivity index is 1.49. The maximum absolute atomic E-state index is 11.8. The molecule has 25 heavy (non-hydrogen) atoms. The van der Waals surface area contributed by atoms with Crippen LogP contribution in [0, 0.1) is 13.8 Å². The number of benzene rings is 2. The van der Waals surface area contributed by atoms with Crippen LogP contribution in [-0.2, 0) is 16.1 Å². The second-order valence-corrected chi connectivity index (χ2v) is 6.56. The van der Waals surface area contributed by atoms with Crippen LogP contribution in [0.1, 0.15) is 16.8 Å². The average molecular weight is 353 g/mol. The molecule has 0 aliphatic carbocycles. The Morgan fingerprint density at radius 2 is 1.88 bits per heavy atom. The molecule has 0 unspecified atom stereocenters. The Hall–Kier alpha value is -2.66. The molecule has 0 bridgehead atoms. The highest BCUT2D eigenvalue weighted by molar-refractivity contribution is 7.13. The molecule has 0 N–H and O–H groups in total. The van der Waals surface area contributed by atoms with E-state index in [1.807, 2.05) is 67.8 Å². The number of thiazole rings is 1. The Bertz CT molecular complexity index is 858. The summed E-state index contributed by atoms with van der Waals surface area (Å²) in [6, 6.07) is 15.7. The van der Waals surface area contributed by atoms with Gasteiger partial charge < -0.3 is 9.47 Å². The Kier molecular flexibility index (Phi) is 5.46. The van der Waals surface area contributed by atoms with Gasteiger partial charge in [-0.3, -0.25) is 0 Å². The first-order valence-electron chi connectivity index (χ1n) is 7.97. The molecule has 4 nitrogen and oxygen atoms in total. The number of hydrogen-bond acceptors (Lipinski definition) is 5. The third-order valence-corrected chi connectivity index (χ3v) is 4.73. The Labute approximate surface area is 151 Å². The minimum atomic E-state index is -0.410. The van der Waals surface area contributed by atoms with Gasteiger partial charge in [-0.1, -0.05) is 36.4 Å². The molecule has 0 aliphatic rings. The number of carbonyl (C=O) groups excluding carboxylic acids is 1. The van der Waals surface area contributed by atoms with Gasteiger partial charge in [-0.25, -0.2) is 9.78 Å². The molecule has 0 radical (unpaired) electrons. The summed E-state index contributed by atoms with van der Waals surface area (Å²) in [5, 5.41) is 2.82. The second-order valence-electron chi connectivity index (χ2n) is 5.71. The summed E-state index contributed by atoms with van der Waals surface area (Å²) >= 11 is 1.53. The van der Waals surface area contributed by atoms with Gasteiger partial charge in [0.05, 0.1) is 5.69 Å². The normalized spacial score (nSPS) is 10.5. The lowest BCUT2D eigenvalue weighted by molar-refractivity contribution is -0.147. The maximum Gasteiger partial charge on any atom is 0.344 e. The third-order valence-electron chi connectivity index (χ3n) is 3.79. The number of ether oxygens (including phenoxy) is 2. The van der Waals surface area contributed by atoms with Crippen molar-refractivity contribution >= 4 is 17.3 Å². The first-order chi connectivity index (χ1) is 12.1. The zero-order chi connectivity index (χ0) is 17.6. The molecule has 0 spiro atoms. The van der Waals surface area contributed by atoms with Crippen molar-refractivity contribution in [3.05, 3.63) is 70.7 Å². The topological polar surface area (TPSA) is 48.4 Å². The lowest BCUT2D eigenvalue weighted by Gasteiger charge is -2.08. The minimum Gasteiger partial charge on any atom is -0.482 e. The number of aromatic nitrogens is 1.